The molecular formula is C16H14N4O5. The lowest BCUT2D eigenvalue weighted by Gasteiger charge is -2.16. The van der Waals surface area contributed by atoms with Crippen LogP contribution in [0.3, 0.4) is 0 Å². The molecule has 0 aliphatic rings. The highest BCUT2D eigenvalue weighted by Gasteiger charge is 2.15. The number of benzene rings is 1. The molecule has 3 rings (SSSR count). The third kappa shape index (κ3) is 3.07. The van der Waals surface area contributed by atoms with E-state index in [1.165, 1.54) is 28.9 Å². The number of nitrogens with zero attached hydrogens (tertiary/aromatic N) is 4. The zero-order valence-corrected chi connectivity index (χ0v) is 13.4. The number of rotatable bonds is 3. The van der Waals surface area contributed by atoms with E-state index < -0.39 is 12.2 Å². The molecule has 2 heterocycles. The number of hydrogen-bond acceptors (Lipinski definition) is 6. The average molecular weight is 342 g/mol. The Bertz CT molecular complexity index is 953. The summed E-state index contributed by atoms with van der Waals surface area (Å²) in [5, 5.41) is 12.9. The van der Waals surface area contributed by atoms with E-state index in [0.29, 0.717) is 11.4 Å². The lowest BCUT2D eigenvalue weighted by molar-refractivity contribution is 0.145. The fourth-order valence-corrected chi connectivity index (χ4v) is 2.37. The number of fused-ring (bicyclic) bond motifs is 1. The molecule has 1 N–H and O–H groups in total. The van der Waals surface area contributed by atoms with Crippen molar-refractivity contribution in [1.82, 2.24) is 14.6 Å². The van der Waals surface area contributed by atoms with Gasteiger partial charge in [0.05, 0.1) is 19.0 Å². The van der Waals surface area contributed by atoms with Crippen LogP contribution in [-0.4, -0.2) is 46.1 Å². The Morgan fingerprint density at radius 2 is 2.08 bits per heavy atom. The maximum absolute atomic E-state index is 11.7. The van der Waals surface area contributed by atoms with Crippen molar-refractivity contribution in [3.63, 3.8) is 0 Å². The van der Waals surface area contributed by atoms with E-state index in [1.807, 2.05) is 6.07 Å². The van der Waals surface area contributed by atoms with E-state index in [4.69, 9.17) is 9.84 Å². The first-order valence-electron chi connectivity index (χ1n) is 7.17. The molecule has 9 nitrogen and oxygen atoms in total. The van der Waals surface area contributed by atoms with Gasteiger partial charge in [0, 0.05) is 24.5 Å². The fraction of sp³-hybridized carbons (Fsp3) is 0.125. The molecule has 1 amide bonds. The smallest absolute Gasteiger partial charge is 0.452 e. The van der Waals surface area contributed by atoms with Crippen LogP contribution in [0.5, 0.6) is 5.75 Å². The second kappa shape index (κ2) is 6.48. The lowest BCUT2D eigenvalue weighted by atomic mass is 10.1. The van der Waals surface area contributed by atoms with Crippen LogP contribution in [0, 0.1) is 0 Å². The summed E-state index contributed by atoms with van der Waals surface area (Å²) in [6, 6.07) is 8.89. The summed E-state index contributed by atoms with van der Waals surface area (Å²) in [6.45, 7) is 0. The van der Waals surface area contributed by atoms with Crippen LogP contribution in [-0.2, 0) is 4.74 Å². The number of anilines is 1. The molecule has 128 valence electrons. The van der Waals surface area contributed by atoms with Crippen molar-refractivity contribution in [3.05, 3.63) is 42.7 Å². The van der Waals surface area contributed by atoms with E-state index in [2.05, 4.69) is 14.8 Å². The van der Waals surface area contributed by atoms with Gasteiger partial charge in [0.15, 0.2) is 11.4 Å². The number of carbonyl (C=O) groups is 2. The van der Waals surface area contributed by atoms with Crippen molar-refractivity contribution >= 4 is 23.6 Å². The number of amides is 1. The largest absolute Gasteiger partial charge is 0.511 e. The monoisotopic (exact) mass is 342 g/mol. The number of carboxylic acid groups (broad SMARTS) is 1. The molecule has 0 bridgehead atoms. The van der Waals surface area contributed by atoms with Gasteiger partial charge in [0.2, 0.25) is 0 Å². The molecular weight excluding hydrogens is 328 g/mol. The van der Waals surface area contributed by atoms with Crippen molar-refractivity contribution < 1.29 is 24.2 Å². The molecule has 3 aromatic rings. The Kier molecular flexibility index (Phi) is 4.21. The molecule has 0 spiro atoms. The third-order valence-electron chi connectivity index (χ3n) is 3.54. The molecule has 0 atom stereocenters. The van der Waals surface area contributed by atoms with Gasteiger partial charge in [-0.2, -0.15) is 5.10 Å². The zero-order chi connectivity index (χ0) is 18.0. The Balaban J connectivity index is 2.06. The third-order valence-corrected chi connectivity index (χ3v) is 3.54. The standard InChI is InChI=1S/C16H14N4O5/c1-19(15(21)24-2)11-5-3-4-10(8-11)12-6-7-17-14-13(25-16(22)23)9-18-20(12)14/h3-9H,1-2H3,(H,22,23). The summed E-state index contributed by atoms with van der Waals surface area (Å²) in [6.07, 6.45) is 0.874. The summed E-state index contributed by atoms with van der Waals surface area (Å²) in [5.41, 5.74) is 2.31. The predicted molar refractivity (Wildman–Crippen MR) is 87.9 cm³/mol. The Labute approximate surface area is 142 Å². The van der Waals surface area contributed by atoms with Crippen LogP contribution in [0.4, 0.5) is 15.3 Å². The Morgan fingerprint density at radius 3 is 2.80 bits per heavy atom. The quantitative estimate of drug-likeness (QED) is 0.729. The molecule has 25 heavy (non-hydrogen) atoms. The summed E-state index contributed by atoms with van der Waals surface area (Å²) < 4.78 is 10.8. The topological polar surface area (TPSA) is 106 Å². The van der Waals surface area contributed by atoms with Crippen LogP contribution in [0.25, 0.3) is 16.9 Å². The minimum Gasteiger partial charge on any atom is -0.452 e. The van der Waals surface area contributed by atoms with Gasteiger partial charge in [-0.1, -0.05) is 12.1 Å². The van der Waals surface area contributed by atoms with Gasteiger partial charge in [-0.05, 0) is 18.2 Å². The molecule has 1 aromatic carbocycles. The summed E-state index contributed by atoms with van der Waals surface area (Å²) in [4.78, 5) is 27.9. The number of ether oxygens (including phenoxy) is 2. The minimum atomic E-state index is -1.44. The normalized spacial score (nSPS) is 10.5. The van der Waals surface area contributed by atoms with Crippen LogP contribution < -0.4 is 9.64 Å². The van der Waals surface area contributed by atoms with Gasteiger partial charge in [-0.15, -0.1) is 0 Å². The molecule has 0 unspecified atom stereocenters. The maximum atomic E-state index is 11.7. The first-order valence-corrected chi connectivity index (χ1v) is 7.17. The number of hydrogen-bond donors (Lipinski definition) is 1. The first kappa shape index (κ1) is 16.2. The van der Waals surface area contributed by atoms with E-state index in [9.17, 15) is 9.59 Å². The number of methoxy groups -OCH3 is 1. The molecule has 0 aliphatic heterocycles. The van der Waals surface area contributed by atoms with Gasteiger partial charge >= 0.3 is 12.2 Å². The van der Waals surface area contributed by atoms with E-state index >= 15 is 0 Å². The van der Waals surface area contributed by atoms with E-state index in [0.717, 1.165) is 5.56 Å². The van der Waals surface area contributed by atoms with Gasteiger partial charge in [0.25, 0.3) is 0 Å². The van der Waals surface area contributed by atoms with Crippen LogP contribution in [0.2, 0.25) is 0 Å². The van der Waals surface area contributed by atoms with Crippen molar-refractivity contribution in [2.75, 3.05) is 19.1 Å². The summed E-state index contributed by atoms with van der Waals surface area (Å²) in [7, 11) is 2.91. The Hall–Kier alpha value is -3.62. The molecule has 0 saturated heterocycles. The average Bonchev–Trinajstić information content (AvgIpc) is 3.03. The molecule has 0 radical (unpaired) electrons. The molecule has 0 aliphatic carbocycles. The van der Waals surface area contributed by atoms with Gasteiger partial charge in [0.1, 0.15) is 0 Å². The second-order valence-electron chi connectivity index (χ2n) is 5.02. The fourth-order valence-electron chi connectivity index (χ4n) is 2.37. The lowest BCUT2D eigenvalue weighted by Crippen LogP contribution is -2.25. The van der Waals surface area contributed by atoms with Crippen LogP contribution in [0.15, 0.2) is 42.7 Å². The first-order chi connectivity index (χ1) is 12.0. The molecule has 9 heteroatoms. The molecule has 0 saturated carbocycles. The maximum Gasteiger partial charge on any atom is 0.511 e. The van der Waals surface area contributed by atoms with E-state index in [1.54, 1.807) is 31.3 Å². The van der Waals surface area contributed by atoms with Crippen LogP contribution >= 0.6 is 0 Å². The van der Waals surface area contributed by atoms with Crippen LogP contribution in [0.1, 0.15) is 0 Å². The minimum absolute atomic E-state index is 0.0391. The predicted octanol–water partition coefficient (Wildman–Crippen LogP) is 2.66. The SMILES string of the molecule is COC(=O)N(C)c1cccc(-c2ccnc3c(OC(=O)O)cnn23)c1. The Morgan fingerprint density at radius 1 is 1.28 bits per heavy atom. The number of aromatic nitrogens is 3. The highest BCUT2D eigenvalue weighted by atomic mass is 16.7. The van der Waals surface area contributed by atoms with Crippen molar-refractivity contribution in [2.24, 2.45) is 0 Å². The van der Waals surface area contributed by atoms with Crippen molar-refractivity contribution in [2.45, 2.75) is 0 Å². The summed E-state index contributed by atoms with van der Waals surface area (Å²) >= 11 is 0. The van der Waals surface area contributed by atoms with Crippen molar-refractivity contribution in [3.8, 4) is 17.0 Å². The van der Waals surface area contributed by atoms with Gasteiger partial charge in [-0.25, -0.2) is 19.1 Å². The van der Waals surface area contributed by atoms with Crippen molar-refractivity contribution in [1.29, 1.82) is 0 Å². The number of carbonyl (C=O) groups excluding carboxylic acids is 1. The van der Waals surface area contributed by atoms with Gasteiger partial charge < -0.3 is 14.6 Å². The van der Waals surface area contributed by atoms with Gasteiger partial charge in [-0.3, -0.25) is 4.90 Å². The highest BCUT2D eigenvalue weighted by Crippen LogP contribution is 2.27. The summed E-state index contributed by atoms with van der Waals surface area (Å²) in [5.74, 6) is 0.0391. The van der Waals surface area contributed by atoms with E-state index in [-0.39, 0.29) is 11.4 Å². The molecule has 2 aromatic heterocycles. The highest BCUT2D eigenvalue weighted by molar-refractivity contribution is 5.88. The second-order valence-corrected chi connectivity index (χ2v) is 5.02. The molecule has 0 fully saturated rings. The zero-order valence-electron chi connectivity index (χ0n) is 13.4.